The molecule has 1 aromatic carbocycles. The zero-order chi connectivity index (χ0) is 18.0. The Bertz CT molecular complexity index is 753. The van der Waals surface area contributed by atoms with Crippen molar-refractivity contribution in [2.45, 2.75) is 25.8 Å². The van der Waals surface area contributed by atoms with Gasteiger partial charge in [-0.1, -0.05) is 15.9 Å². The van der Waals surface area contributed by atoms with Crippen LogP contribution in [-0.4, -0.2) is 36.2 Å². The minimum Gasteiger partial charge on any atom is -0.496 e. The van der Waals surface area contributed by atoms with Gasteiger partial charge in [-0.15, -0.1) is 11.3 Å². The Hall–Kier alpha value is -1.37. The number of rotatable bonds is 5. The van der Waals surface area contributed by atoms with Gasteiger partial charge < -0.3 is 9.84 Å². The Balaban J connectivity index is 1.97. The van der Waals surface area contributed by atoms with Gasteiger partial charge in [0.1, 0.15) is 5.75 Å². The van der Waals surface area contributed by atoms with Crippen molar-refractivity contribution in [2.75, 3.05) is 20.2 Å². The van der Waals surface area contributed by atoms with Crippen molar-refractivity contribution in [3.63, 3.8) is 0 Å². The number of carboxylic acids is 1. The first kappa shape index (κ1) is 18.4. The fraction of sp³-hybridized carbons (Fsp3) is 0.421. The molecular formula is C19H22BrNO3S. The molecule has 0 aliphatic carbocycles. The maximum Gasteiger partial charge on any atom is 0.306 e. The first-order valence-electron chi connectivity index (χ1n) is 8.35. The number of likely N-dealkylation sites (tertiary alicyclic amines) is 1. The van der Waals surface area contributed by atoms with E-state index in [0.29, 0.717) is 12.8 Å². The summed E-state index contributed by atoms with van der Waals surface area (Å²) < 4.78 is 6.64. The lowest BCUT2D eigenvalue weighted by molar-refractivity contribution is -0.143. The highest BCUT2D eigenvalue weighted by molar-refractivity contribution is 9.10. The third kappa shape index (κ3) is 4.07. The van der Waals surface area contributed by atoms with Gasteiger partial charge in [0.15, 0.2) is 0 Å². The fourth-order valence-electron chi connectivity index (χ4n) is 3.45. The summed E-state index contributed by atoms with van der Waals surface area (Å²) in [5.74, 6) is -0.0470. The molecule has 1 atom stereocenters. The standard InChI is InChI=1S/C19H22BrNO3S/c1-12-9-17(25-11-12)18(15-10-14(20)3-4-16(15)24-2)21-7-5-13(6-8-21)19(22)23/h3-4,9-11,13,18H,5-8H2,1-2H3,(H,22,23). The Morgan fingerprint density at radius 1 is 1.36 bits per heavy atom. The molecule has 25 heavy (non-hydrogen) atoms. The van der Waals surface area contributed by atoms with Gasteiger partial charge in [0.25, 0.3) is 0 Å². The van der Waals surface area contributed by atoms with E-state index in [1.165, 1.54) is 10.4 Å². The average molecular weight is 424 g/mol. The van der Waals surface area contributed by atoms with Crippen molar-refractivity contribution >= 4 is 33.2 Å². The maximum absolute atomic E-state index is 11.3. The third-order valence-corrected chi connectivity index (χ3v) is 6.35. The number of methoxy groups -OCH3 is 1. The predicted octanol–water partition coefficient (Wildman–Crippen LogP) is 4.71. The van der Waals surface area contributed by atoms with Crippen LogP contribution in [0, 0.1) is 12.8 Å². The molecule has 0 bridgehead atoms. The molecule has 1 saturated heterocycles. The van der Waals surface area contributed by atoms with E-state index in [1.807, 2.05) is 12.1 Å². The number of ether oxygens (including phenoxy) is 1. The van der Waals surface area contributed by atoms with Crippen LogP contribution >= 0.6 is 27.3 Å². The molecule has 1 aromatic heterocycles. The van der Waals surface area contributed by atoms with Crippen LogP contribution in [0.2, 0.25) is 0 Å². The van der Waals surface area contributed by atoms with Gasteiger partial charge in [-0.05, 0) is 68.1 Å². The van der Waals surface area contributed by atoms with E-state index in [9.17, 15) is 9.90 Å². The van der Waals surface area contributed by atoms with E-state index in [4.69, 9.17) is 4.74 Å². The molecule has 1 unspecified atom stereocenters. The van der Waals surface area contributed by atoms with Crippen LogP contribution in [0.1, 0.15) is 34.9 Å². The van der Waals surface area contributed by atoms with Gasteiger partial charge in [-0.25, -0.2) is 0 Å². The second kappa shape index (κ2) is 7.89. The Morgan fingerprint density at radius 2 is 2.08 bits per heavy atom. The van der Waals surface area contributed by atoms with Gasteiger partial charge in [-0.3, -0.25) is 9.69 Å². The quantitative estimate of drug-likeness (QED) is 0.755. The number of aliphatic carboxylic acids is 1. The zero-order valence-corrected chi connectivity index (χ0v) is 16.8. The molecule has 0 radical (unpaired) electrons. The van der Waals surface area contributed by atoms with Crippen LogP contribution in [0.25, 0.3) is 0 Å². The second-order valence-electron chi connectivity index (χ2n) is 6.46. The number of thiophene rings is 1. The molecule has 0 amide bonds. The fourth-order valence-corrected chi connectivity index (χ4v) is 4.88. The van der Waals surface area contributed by atoms with Crippen LogP contribution < -0.4 is 4.74 Å². The van der Waals surface area contributed by atoms with Crippen molar-refractivity contribution in [1.82, 2.24) is 4.90 Å². The number of aryl methyl sites for hydroxylation is 1. The zero-order valence-electron chi connectivity index (χ0n) is 14.4. The number of carbonyl (C=O) groups is 1. The number of hydrogen-bond acceptors (Lipinski definition) is 4. The number of halogens is 1. The molecule has 3 rings (SSSR count). The average Bonchev–Trinajstić information content (AvgIpc) is 3.02. The minimum absolute atomic E-state index is 0.0842. The summed E-state index contributed by atoms with van der Waals surface area (Å²) in [6.45, 7) is 3.65. The van der Waals surface area contributed by atoms with Crippen molar-refractivity contribution in [3.05, 3.63) is 50.1 Å². The van der Waals surface area contributed by atoms with Gasteiger partial charge in [0, 0.05) is 14.9 Å². The Labute approximate surface area is 160 Å². The molecular weight excluding hydrogens is 402 g/mol. The number of nitrogens with zero attached hydrogens (tertiary/aromatic N) is 1. The number of piperidine rings is 1. The highest BCUT2D eigenvalue weighted by Crippen LogP contribution is 2.40. The monoisotopic (exact) mass is 423 g/mol. The van der Waals surface area contributed by atoms with Crippen LogP contribution in [-0.2, 0) is 4.79 Å². The van der Waals surface area contributed by atoms with E-state index in [2.05, 4.69) is 45.3 Å². The molecule has 134 valence electrons. The SMILES string of the molecule is COc1ccc(Br)cc1C(c1cc(C)cs1)N1CCC(C(=O)O)CC1. The van der Waals surface area contributed by atoms with Crippen LogP contribution in [0.15, 0.2) is 34.1 Å². The molecule has 1 aliphatic rings. The summed E-state index contributed by atoms with van der Waals surface area (Å²) in [4.78, 5) is 14.9. The smallest absolute Gasteiger partial charge is 0.306 e. The van der Waals surface area contributed by atoms with E-state index < -0.39 is 5.97 Å². The minimum atomic E-state index is -0.678. The molecule has 0 saturated carbocycles. The van der Waals surface area contributed by atoms with Crippen LogP contribution in [0.3, 0.4) is 0 Å². The molecule has 4 nitrogen and oxygen atoms in total. The van der Waals surface area contributed by atoms with Crippen molar-refractivity contribution in [1.29, 1.82) is 0 Å². The molecule has 2 heterocycles. The van der Waals surface area contributed by atoms with E-state index in [-0.39, 0.29) is 12.0 Å². The van der Waals surface area contributed by atoms with Crippen molar-refractivity contribution in [2.24, 2.45) is 5.92 Å². The molecule has 1 N–H and O–H groups in total. The first-order valence-corrected chi connectivity index (χ1v) is 10.0. The summed E-state index contributed by atoms with van der Waals surface area (Å²) in [6, 6.07) is 8.38. The second-order valence-corrected chi connectivity index (χ2v) is 8.32. The van der Waals surface area contributed by atoms with Gasteiger partial charge in [-0.2, -0.15) is 0 Å². The van der Waals surface area contributed by atoms with Crippen LogP contribution in [0.5, 0.6) is 5.75 Å². The first-order chi connectivity index (χ1) is 12.0. The lowest BCUT2D eigenvalue weighted by Gasteiger charge is -2.37. The molecule has 1 aliphatic heterocycles. The third-order valence-electron chi connectivity index (χ3n) is 4.75. The lowest BCUT2D eigenvalue weighted by Crippen LogP contribution is -2.39. The highest BCUT2D eigenvalue weighted by atomic mass is 79.9. The van der Waals surface area contributed by atoms with Gasteiger partial charge in [0.2, 0.25) is 0 Å². The summed E-state index contributed by atoms with van der Waals surface area (Å²) in [6.07, 6.45) is 1.37. The van der Waals surface area contributed by atoms with E-state index in [1.54, 1.807) is 18.4 Å². The topological polar surface area (TPSA) is 49.8 Å². The number of carboxylic acid groups (broad SMARTS) is 1. The highest BCUT2D eigenvalue weighted by Gasteiger charge is 2.32. The number of hydrogen-bond donors (Lipinski definition) is 1. The normalized spacial score (nSPS) is 17.4. The summed E-state index contributed by atoms with van der Waals surface area (Å²) >= 11 is 5.33. The summed E-state index contributed by atoms with van der Waals surface area (Å²) in [5, 5.41) is 11.4. The summed E-state index contributed by atoms with van der Waals surface area (Å²) in [7, 11) is 1.69. The lowest BCUT2D eigenvalue weighted by atomic mass is 9.93. The number of benzene rings is 1. The van der Waals surface area contributed by atoms with E-state index in [0.717, 1.165) is 28.9 Å². The predicted molar refractivity (Wildman–Crippen MR) is 104 cm³/mol. The Kier molecular flexibility index (Phi) is 5.81. The maximum atomic E-state index is 11.3. The van der Waals surface area contributed by atoms with Crippen molar-refractivity contribution < 1.29 is 14.6 Å². The largest absolute Gasteiger partial charge is 0.496 e. The molecule has 6 heteroatoms. The van der Waals surface area contributed by atoms with Crippen LogP contribution in [0.4, 0.5) is 0 Å². The molecule has 0 spiro atoms. The molecule has 2 aromatic rings. The van der Waals surface area contributed by atoms with Gasteiger partial charge in [0.05, 0.1) is 19.1 Å². The van der Waals surface area contributed by atoms with Gasteiger partial charge >= 0.3 is 5.97 Å². The molecule has 1 fully saturated rings. The van der Waals surface area contributed by atoms with Crippen molar-refractivity contribution in [3.8, 4) is 5.75 Å². The summed E-state index contributed by atoms with van der Waals surface area (Å²) in [5.41, 5.74) is 2.37. The van der Waals surface area contributed by atoms with E-state index >= 15 is 0 Å². The Morgan fingerprint density at radius 3 is 2.64 bits per heavy atom.